The van der Waals surface area contributed by atoms with Gasteiger partial charge in [0.05, 0.1) is 11.4 Å². The number of nitrogens with zero attached hydrogens (tertiary/aromatic N) is 3. The fraction of sp³-hybridized carbons (Fsp3) is 0.393. The number of aromatic nitrogens is 3. The van der Waals surface area contributed by atoms with Crippen molar-refractivity contribution >= 4 is 28.5 Å². The molecule has 0 saturated carbocycles. The third kappa shape index (κ3) is 5.43. The van der Waals surface area contributed by atoms with E-state index in [0.717, 1.165) is 33.2 Å². The maximum atomic E-state index is 12.2. The van der Waals surface area contributed by atoms with E-state index in [-0.39, 0.29) is 11.9 Å². The van der Waals surface area contributed by atoms with Crippen LogP contribution < -0.4 is 0 Å². The van der Waals surface area contributed by atoms with Crippen molar-refractivity contribution in [1.29, 1.82) is 0 Å². The van der Waals surface area contributed by atoms with Gasteiger partial charge in [-0.25, -0.2) is 0 Å². The number of esters is 1. The third-order valence-corrected chi connectivity index (χ3v) is 6.27. The molecule has 0 spiro atoms. The minimum Gasteiger partial charge on any atom is -0.460 e. The maximum absolute atomic E-state index is 12.2. The highest BCUT2D eigenvalue weighted by Gasteiger charge is 2.20. The highest BCUT2D eigenvalue weighted by molar-refractivity contribution is 6.35. The smallest absolute Gasteiger partial charge is 0.306 e. The Kier molecular flexibility index (Phi) is 6.78. The average molecular weight is 494 g/mol. The number of ether oxygens (including phenoxy) is 1. The van der Waals surface area contributed by atoms with Gasteiger partial charge in [0.25, 0.3) is 5.89 Å². The largest absolute Gasteiger partial charge is 0.460 e. The summed E-state index contributed by atoms with van der Waals surface area (Å²) in [4.78, 5) is 16.9. The Morgan fingerprint density at radius 3 is 2.54 bits per heavy atom. The molecule has 4 aromatic rings. The Morgan fingerprint density at radius 2 is 1.89 bits per heavy atom. The fourth-order valence-corrected chi connectivity index (χ4v) is 4.48. The molecule has 6 nitrogen and oxygen atoms in total. The van der Waals surface area contributed by atoms with E-state index in [1.54, 1.807) is 0 Å². The number of benzene rings is 2. The first-order valence-electron chi connectivity index (χ1n) is 11.9. The van der Waals surface area contributed by atoms with Gasteiger partial charge in [0.15, 0.2) is 0 Å². The summed E-state index contributed by atoms with van der Waals surface area (Å²) in [5.41, 5.74) is 4.37. The molecule has 0 aliphatic heterocycles. The molecule has 0 saturated heterocycles. The van der Waals surface area contributed by atoms with E-state index in [1.807, 2.05) is 71.1 Å². The van der Waals surface area contributed by atoms with E-state index in [9.17, 15) is 4.79 Å². The van der Waals surface area contributed by atoms with Gasteiger partial charge >= 0.3 is 5.97 Å². The van der Waals surface area contributed by atoms with E-state index in [0.29, 0.717) is 29.2 Å². The second-order valence-electron chi connectivity index (χ2n) is 10.4. The Morgan fingerprint density at radius 1 is 1.14 bits per heavy atom. The van der Waals surface area contributed by atoms with Gasteiger partial charge in [0.2, 0.25) is 5.82 Å². The summed E-state index contributed by atoms with van der Waals surface area (Å²) >= 11 is 6.49. The van der Waals surface area contributed by atoms with Crippen molar-refractivity contribution in [1.82, 2.24) is 14.7 Å². The zero-order chi connectivity index (χ0) is 25.5. The number of hydrogen-bond acceptors (Lipinski definition) is 5. The van der Waals surface area contributed by atoms with E-state index in [2.05, 4.69) is 34.6 Å². The number of hydrogen-bond donors (Lipinski definition) is 0. The summed E-state index contributed by atoms with van der Waals surface area (Å²) in [6, 6.07) is 12.4. The normalized spacial score (nSPS) is 12.9. The van der Waals surface area contributed by atoms with Crippen LogP contribution in [0.15, 0.2) is 47.1 Å². The molecule has 0 radical (unpaired) electrons. The lowest BCUT2D eigenvalue weighted by atomic mass is 9.94. The number of carbonyl (C=O) groups is 1. The molecule has 0 bridgehead atoms. The molecule has 2 aromatic heterocycles. The van der Waals surface area contributed by atoms with Crippen molar-refractivity contribution in [3.8, 4) is 22.8 Å². The lowest BCUT2D eigenvalue weighted by molar-refractivity contribution is -0.155. The van der Waals surface area contributed by atoms with Crippen LogP contribution in [0.4, 0.5) is 0 Å². The molecular weight excluding hydrogens is 462 g/mol. The third-order valence-electron chi connectivity index (χ3n) is 5.97. The summed E-state index contributed by atoms with van der Waals surface area (Å²) < 4.78 is 13.2. The van der Waals surface area contributed by atoms with E-state index < -0.39 is 5.60 Å². The molecule has 2 heterocycles. The van der Waals surface area contributed by atoms with Crippen molar-refractivity contribution in [3.63, 3.8) is 0 Å². The van der Waals surface area contributed by atoms with Crippen molar-refractivity contribution in [2.24, 2.45) is 0 Å². The molecule has 7 heteroatoms. The van der Waals surface area contributed by atoms with E-state index >= 15 is 0 Å². The molecule has 184 valence electrons. The van der Waals surface area contributed by atoms with Crippen LogP contribution in [0, 0.1) is 6.92 Å². The molecule has 1 atom stereocenters. The Hall–Kier alpha value is -3.12. The first-order chi connectivity index (χ1) is 16.4. The minimum atomic E-state index is -0.485. The highest BCUT2D eigenvalue weighted by Crippen LogP contribution is 2.33. The van der Waals surface area contributed by atoms with Gasteiger partial charge in [-0.15, -0.1) is 0 Å². The second-order valence-corrected chi connectivity index (χ2v) is 10.8. The van der Waals surface area contributed by atoms with Crippen LogP contribution in [0.1, 0.15) is 71.0 Å². The minimum absolute atomic E-state index is 0.0352. The molecule has 0 aliphatic carbocycles. The number of carbonyl (C=O) groups excluding carboxylic acids is 1. The number of rotatable bonds is 6. The molecule has 0 fully saturated rings. The van der Waals surface area contributed by atoms with Crippen molar-refractivity contribution in [3.05, 3.63) is 58.7 Å². The summed E-state index contributed by atoms with van der Waals surface area (Å²) in [5.74, 6) is 0.801. The maximum Gasteiger partial charge on any atom is 0.306 e. The van der Waals surface area contributed by atoms with Crippen molar-refractivity contribution in [2.45, 2.75) is 72.4 Å². The molecule has 35 heavy (non-hydrogen) atoms. The predicted octanol–water partition coefficient (Wildman–Crippen LogP) is 7.74. The van der Waals surface area contributed by atoms with Crippen LogP contribution >= 0.6 is 11.6 Å². The zero-order valence-electron chi connectivity index (χ0n) is 21.3. The van der Waals surface area contributed by atoms with Crippen molar-refractivity contribution < 1.29 is 14.1 Å². The van der Waals surface area contributed by atoms with Crippen LogP contribution in [-0.2, 0) is 9.53 Å². The lowest BCUT2D eigenvalue weighted by Gasteiger charge is -2.21. The Bertz CT molecular complexity index is 1380. The summed E-state index contributed by atoms with van der Waals surface area (Å²) in [6.07, 6.45) is 2.28. The standard InChI is InChI=1S/C28H32ClN3O3/c1-16(2)32-15-23(29)22-14-20(9-11-24(22)32)27-30-26(31-35-27)21-10-8-19(12-18(21)4)17(3)13-25(33)34-28(5,6)7/h8-12,14-17H,13H2,1-7H3. The van der Waals surface area contributed by atoms with Gasteiger partial charge in [0, 0.05) is 34.3 Å². The van der Waals surface area contributed by atoms with Crippen LogP contribution in [-0.4, -0.2) is 26.3 Å². The molecule has 0 aliphatic rings. The molecule has 0 N–H and O–H groups in total. The molecule has 0 amide bonds. The summed E-state index contributed by atoms with van der Waals surface area (Å²) in [6.45, 7) is 13.9. The fourth-order valence-electron chi connectivity index (χ4n) is 4.22. The zero-order valence-corrected chi connectivity index (χ0v) is 22.1. The topological polar surface area (TPSA) is 70.2 Å². The first kappa shape index (κ1) is 25.0. The van der Waals surface area contributed by atoms with Crippen molar-refractivity contribution in [2.75, 3.05) is 0 Å². The van der Waals surface area contributed by atoms with Crippen LogP contribution in [0.3, 0.4) is 0 Å². The molecule has 1 unspecified atom stereocenters. The summed E-state index contributed by atoms with van der Waals surface area (Å²) in [5, 5.41) is 5.88. The van der Waals surface area contributed by atoms with Gasteiger partial charge < -0.3 is 13.8 Å². The monoisotopic (exact) mass is 493 g/mol. The SMILES string of the molecule is Cc1cc(C(C)CC(=O)OC(C)(C)C)ccc1-c1noc(-c2ccc3c(c2)c(Cl)cn3C(C)C)n1. The van der Waals surface area contributed by atoms with Gasteiger partial charge in [-0.05, 0) is 76.8 Å². The number of aryl methyl sites for hydroxylation is 1. The van der Waals surface area contributed by atoms with Gasteiger partial charge in [-0.2, -0.15) is 4.98 Å². The van der Waals surface area contributed by atoms with Gasteiger partial charge in [-0.1, -0.05) is 41.9 Å². The highest BCUT2D eigenvalue weighted by atomic mass is 35.5. The van der Waals surface area contributed by atoms with Crippen LogP contribution in [0.25, 0.3) is 33.7 Å². The quantitative estimate of drug-likeness (QED) is 0.257. The van der Waals surface area contributed by atoms with E-state index in [4.69, 9.17) is 20.9 Å². The number of halogens is 1. The second kappa shape index (κ2) is 9.50. The predicted molar refractivity (Wildman–Crippen MR) is 140 cm³/mol. The van der Waals surface area contributed by atoms with Gasteiger partial charge in [0.1, 0.15) is 5.60 Å². The first-order valence-corrected chi connectivity index (χ1v) is 12.3. The average Bonchev–Trinajstić information content (AvgIpc) is 3.37. The lowest BCUT2D eigenvalue weighted by Crippen LogP contribution is -2.24. The Balaban J connectivity index is 1.56. The van der Waals surface area contributed by atoms with Crippen LogP contribution in [0.2, 0.25) is 5.02 Å². The molecular formula is C28H32ClN3O3. The number of fused-ring (bicyclic) bond motifs is 1. The Labute approximate surface area is 211 Å². The summed E-state index contributed by atoms with van der Waals surface area (Å²) in [7, 11) is 0. The van der Waals surface area contributed by atoms with Crippen LogP contribution in [0.5, 0.6) is 0 Å². The molecule has 2 aromatic carbocycles. The van der Waals surface area contributed by atoms with Gasteiger partial charge in [-0.3, -0.25) is 4.79 Å². The van der Waals surface area contributed by atoms with E-state index in [1.165, 1.54) is 0 Å². The molecule has 4 rings (SSSR count).